The van der Waals surface area contributed by atoms with Gasteiger partial charge in [0.1, 0.15) is 0 Å². The third kappa shape index (κ3) is 1.51. The fourth-order valence-electron chi connectivity index (χ4n) is 1.69. The summed E-state index contributed by atoms with van der Waals surface area (Å²) in [5.41, 5.74) is 10.8. The molecular formula is C9H15N5. The number of hydrogen-bond donors (Lipinski definition) is 3. The third-order valence-electron chi connectivity index (χ3n) is 2.30. The second-order valence-electron chi connectivity index (χ2n) is 3.50. The molecule has 76 valence electrons. The molecule has 0 aliphatic carbocycles. The standard InChI is InChI=1S/C9H15N5/c1-6-12-7(2)14(13-6)9-3-4-11-5-8(9)10/h3-7,12-13H,10H2,1-2H3. The lowest BCUT2D eigenvalue weighted by Gasteiger charge is -2.23. The number of rotatable bonds is 1. The van der Waals surface area contributed by atoms with Crippen LogP contribution in [0.1, 0.15) is 13.8 Å². The Morgan fingerprint density at radius 3 is 2.86 bits per heavy atom. The molecule has 1 fully saturated rings. The Morgan fingerprint density at radius 1 is 1.50 bits per heavy atom. The van der Waals surface area contributed by atoms with Gasteiger partial charge < -0.3 is 5.73 Å². The first kappa shape index (κ1) is 9.23. The van der Waals surface area contributed by atoms with Crippen molar-refractivity contribution in [3.63, 3.8) is 0 Å². The Hall–Kier alpha value is -1.33. The summed E-state index contributed by atoms with van der Waals surface area (Å²) in [6, 6.07) is 1.90. The lowest BCUT2D eigenvalue weighted by Crippen LogP contribution is -2.38. The van der Waals surface area contributed by atoms with Crippen molar-refractivity contribution in [1.82, 2.24) is 15.7 Å². The smallest absolute Gasteiger partial charge is 0.0933 e. The van der Waals surface area contributed by atoms with Gasteiger partial charge in [0.2, 0.25) is 0 Å². The van der Waals surface area contributed by atoms with Crippen molar-refractivity contribution >= 4 is 11.4 Å². The van der Waals surface area contributed by atoms with E-state index in [1.807, 2.05) is 11.1 Å². The summed E-state index contributed by atoms with van der Waals surface area (Å²) in [4.78, 5) is 3.96. The molecule has 1 saturated heterocycles. The van der Waals surface area contributed by atoms with Crippen LogP contribution in [-0.2, 0) is 0 Å². The van der Waals surface area contributed by atoms with Gasteiger partial charge in [-0.25, -0.2) is 5.43 Å². The maximum atomic E-state index is 5.84. The minimum Gasteiger partial charge on any atom is -0.396 e. The number of hydrazine groups is 1. The van der Waals surface area contributed by atoms with Crippen molar-refractivity contribution in [2.75, 3.05) is 10.7 Å². The van der Waals surface area contributed by atoms with Gasteiger partial charge in [-0.3, -0.25) is 15.3 Å². The van der Waals surface area contributed by atoms with Crippen molar-refractivity contribution in [3.05, 3.63) is 18.5 Å². The van der Waals surface area contributed by atoms with Crippen molar-refractivity contribution in [2.24, 2.45) is 0 Å². The third-order valence-corrected chi connectivity index (χ3v) is 2.30. The van der Waals surface area contributed by atoms with Crippen LogP contribution >= 0.6 is 0 Å². The molecule has 2 heterocycles. The van der Waals surface area contributed by atoms with Crippen LogP contribution in [0.5, 0.6) is 0 Å². The summed E-state index contributed by atoms with van der Waals surface area (Å²) >= 11 is 0. The predicted molar refractivity (Wildman–Crippen MR) is 56.3 cm³/mol. The molecule has 0 amide bonds. The van der Waals surface area contributed by atoms with Crippen LogP contribution in [0.2, 0.25) is 0 Å². The van der Waals surface area contributed by atoms with Crippen LogP contribution in [0.3, 0.4) is 0 Å². The molecule has 0 saturated carbocycles. The molecule has 1 aliphatic heterocycles. The van der Waals surface area contributed by atoms with E-state index in [0.29, 0.717) is 5.69 Å². The molecule has 5 heteroatoms. The van der Waals surface area contributed by atoms with Gasteiger partial charge >= 0.3 is 0 Å². The van der Waals surface area contributed by atoms with Crippen molar-refractivity contribution in [3.8, 4) is 0 Å². The molecule has 2 rings (SSSR count). The highest BCUT2D eigenvalue weighted by Crippen LogP contribution is 2.23. The second-order valence-corrected chi connectivity index (χ2v) is 3.50. The van der Waals surface area contributed by atoms with E-state index in [4.69, 9.17) is 5.73 Å². The van der Waals surface area contributed by atoms with Crippen LogP contribution in [0, 0.1) is 0 Å². The monoisotopic (exact) mass is 193 g/mol. The van der Waals surface area contributed by atoms with E-state index in [1.165, 1.54) is 0 Å². The first-order valence-electron chi connectivity index (χ1n) is 4.69. The first-order chi connectivity index (χ1) is 6.68. The zero-order valence-corrected chi connectivity index (χ0v) is 8.36. The molecular weight excluding hydrogens is 178 g/mol. The Kier molecular flexibility index (Phi) is 2.26. The van der Waals surface area contributed by atoms with Crippen LogP contribution in [-0.4, -0.2) is 17.3 Å². The summed E-state index contributed by atoms with van der Waals surface area (Å²) in [7, 11) is 0. The molecule has 0 radical (unpaired) electrons. The molecule has 4 N–H and O–H groups in total. The lowest BCUT2D eigenvalue weighted by molar-refractivity contribution is 0.576. The Labute approximate surface area is 83.3 Å². The molecule has 0 bridgehead atoms. The zero-order chi connectivity index (χ0) is 10.1. The number of aromatic nitrogens is 1. The van der Waals surface area contributed by atoms with Gasteiger partial charge in [0, 0.05) is 6.20 Å². The molecule has 1 aliphatic rings. The number of nitrogens with one attached hydrogen (secondary N) is 2. The highest BCUT2D eigenvalue weighted by atomic mass is 15.6. The predicted octanol–water partition coefficient (Wildman–Crippen LogP) is 0.270. The number of anilines is 2. The molecule has 14 heavy (non-hydrogen) atoms. The SMILES string of the molecule is CC1NC(C)N(c2ccncc2N)N1. The van der Waals surface area contributed by atoms with E-state index in [0.717, 1.165) is 5.69 Å². The fraction of sp³-hybridized carbons (Fsp3) is 0.444. The Balaban J connectivity index is 2.27. The molecule has 1 aromatic rings. The van der Waals surface area contributed by atoms with Gasteiger partial charge in [-0.2, -0.15) is 0 Å². The quantitative estimate of drug-likeness (QED) is 0.597. The molecule has 2 unspecified atom stereocenters. The molecule has 1 aromatic heterocycles. The lowest BCUT2D eigenvalue weighted by atomic mass is 10.3. The highest BCUT2D eigenvalue weighted by molar-refractivity contribution is 5.66. The van der Waals surface area contributed by atoms with E-state index in [2.05, 4.69) is 29.6 Å². The van der Waals surface area contributed by atoms with E-state index in [-0.39, 0.29) is 12.3 Å². The normalized spacial score (nSPS) is 26.9. The van der Waals surface area contributed by atoms with Crippen LogP contribution in [0.4, 0.5) is 11.4 Å². The van der Waals surface area contributed by atoms with E-state index in [9.17, 15) is 0 Å². The highest BCUT2D eigenvalue weighted by Gasteiger charge is 2.25. The summed E-state index contributed by atoms with van der Waals surface area (Å²) in [5.74, 6) is 0. The topological polar surface area (TPSA) is 66.2 Å². The number of pyridine rings is 1. The maximum absolute atomic E-state index is 5.84. The average molecular weight is 193 g/mol. The average Bonchev–Trinajstić information content (AvgIpc) is 2.46. The van der Waals surface area contributed by atoms with E-state index >= 15 is 0 Å². The molecule has 0 aromatic carbocycles. The zero-order valence-electron chi connectivity index (χ0n) is 8.36. The van der Waals surface area contributed by atoms with E-state index in [1.54, 1.807) is 12.4 Å². The summed E-state index contributed by atoms with van der Waals surface area (Å²) in [5, 5.41) is 5.35. The summed E-state index contributed by atoms with van der Waals surface area (Å²) < 4.78 is 0. The van der Waals surface area contributed by atoms with Crippen LogP contribution < -0.4 is 21.5 Å². The van der Waals surface area contributed by atoms with Crippen molar-refractivity contribution in [1.29, 1.82) is 0 Å². The summed E-state index contributed by atoms with van der Waals surface area (Å²) in [6.07, 6.45) is 3.89. The van der Waals surface area contributed by atoms with Gasteiger partial charge in [-0.15, -0.1) is 0 Å². The minimum atomic E-state index is 0.231. The van der Waals surface area contributed by atoms with E-state index < -0.39 is 0 Å². The van der Waals surface area contributed by atoms with Crippen molar-refractivity contribution in [2.45, 2.75) is 26.2 Å². The molecule has 0 spiro atoms. The number of hydrogen-bond acceptors (Lipinski definition) is 5. The maximum Gasteiger partial charge on any atom is 0.0933 e. The Morgan fingerprint density at radius 2 is 2.29 bits per heavy atom. The number of nitrogens with two attached hydrogens (primary N) is 1. The summed E-state index contributed by atoms with van der Waals surface area (Å²) in [6.45, 7) is 4.14. The van der Waals surface area contributed by atoms with Crippen LogP contribution in [0.15, 0.2) is 18.5 Å². The molecule has 5 nitrogen and oxygen atoms in total. The van der Waals surface area contributed by atoms with Crippen molar-refractivity contribution < 1.29 is 0 Å². The first-order valence-corrected chi connectivity index (χ1v) is 4.69. The number of nitrogen functional groups attached to an aromatic ring is 1. The van der Waals surface area contributed by atoms with Gasteiger partial charge in [0.15, 0.2) is 0 Å². The van der Waals surface area contributed by atoms with Gasteiger partial charge in [-0.1, -0.05) is 0 Å². The minimum absolute atomic E-state index is 0.231. The van der Waals surface area contributed by atoms with Gasteiger partial charge in [-0.05, 0) is 19.9 Å². The molecule has 2 atom stereocenters. The second kappa shape index (κ2) is 3.43. The Bertz CT molecular complexity index is 327. The number of nitrogens with zero attached hydrogens (tertiary/aromatic N) is 2. The largest absolute Gasteiger partial charge is 0.396 e. The van der Waals surface area contributed by atoms with Gasteiger partial charge in [0.05, 0.1) is 29.9 Å². The van der Waals surface area contributed by atoms with Gasteiger partial charge in [0.25, 0.3) is 0 Å². The van der Waals surface area contributed by atoms with Crippen LogP contribution in [0.25, 0.3) is 0 Å². The fourth-order valence-corrected chi connectivity index (χ4v) is 1.69.